The fourth-order valence-corrected chi connectivity index (χ4v) is 2.49. The van der Waals surface area contributed by atoms with Gasteiger partial charge in [-0.25, -0.2) is 0 Å². The van der Waals surface area contributed by atoms with Gasteiger partial charge in [-0.05, 0) is 41.3 Å². The first kappa shape index (κ1) is 15.4. The van der Waals surface area contributed by atoms with Crippen molar-refractivity contribution in [2.45, 2.75) is 26.4 Å². The predicted octanol–water partition coefficient (Wildman–Crippen LogP) is 5.48. The van der Waals surface area contributed by atoms with E-state index in [1.807, 2.05) is 24.3 Å². The molecule has 2 aromatic rings. The van der Waals surface area contributed by atoms with E-state index in [2.05, 4.69) is 43.4 Å². The fraction of sp³-hybridized carbons (Fsp3) is 0.294. The molecule has 0 bridgehead atoms. The Balaban J connectivity index is 2.06. The Hall–Kier alpha value is -1.02. The van der Waals surface area contributed by atoms with E-state index < -0.39 is 0 Å². The van der Waals surface area contributed by atoms with Crippen LogP contribution in [0.15, 0.2) is 48.5 Å². The Kier molecular flexibility index (Phi) is 5.47. The van der Waals surface area contributed by atoms with Crippen LogP contribution in [0.5, 0.6) is 0 Å². The van der Waals surface area contributed by atoms with E-state index in [1.165, 1.54) is 11.1 Å². The van der Waals surface area contributed by atoms with Gasteiger partial charge in [-0.15, -0.1) is 0 Å². The smallest absolute Gasteiger partial charge is 0.0406 e. The summed E-state index contributed by atoms with van der Waals surface area (Å²) in [6.07, 6.45) is 0. The maximum absolute atomic E-state index is 5.95. The third-order valence-electron chi connectivity index (χ3n) is 3.34. The molecule has 0 fully saturated rings. The molecule has 3 heteroatoms. The van der Waals surface area contributed by atoms with Crippen molar-refractivity contribution < 1.29 is 0 Å². The first-order chi connectivity index (χ1) is 9.56. The van der Waals surface area contributed by atoms with Gasteiger partial charge in [0, 0.05) is 22.6 Å². The molecule has 2 rings (SSSR count). The Morgan fingerprint density at radius 1 is 0.850 bits per heavy atom. The third kappa shape index (κ3) is 4.24. The summed E-state index contributed by atoms with van der Waals surface area (Å²) in [6.45, 7) is 5.25. The molecular weight excluding hydrogens is 289 g/mol. The van der Waals surface area contributed by atoms with Crippen molar-refractivity contribution in [2.75, 3.05) is 0 Å². The monoisotopic (exact) mass is 307 g/mol. The van der Waals surface area contributed by atoms with Gasteiger partial charge in [0.05, 0.1) is 0 Å². The Morgan fingerprint density at radius 3 is 1.85 bits per heavy atom. The highest BCUT2D eigenvalue weighted by atomic mass is 35.5. The number of benzene rings is 2. The van der Waals surface area contributed by atoms with E-state index in [0.717, 1.165) is 16.6 Å². The number of hydrogen-bond donors (Lipinski definition) is 1. The summed E-state index contributed by atoms with van der Waals surface area (Å²) in [6, 6.07) is 16.3. The third-order valence-corrected chi connectivity index (χ3v) is 3.84. The molecule has 0 spiro atoms. The van der Waals surface area contributed by atoms with E-state index in [-0.39, 0.29) is 0 Å². The minimum absolute atomic E-state index is 0.308. The molecule has 2 aromatic carbocycles. The van der Waals surface area contributed by atoms with Crippen molar-refractivity contribution in [3.8, 4) is 0 Å². The van der Waals surface area contributed by atoms with Crippen molar-refractivity contribution in [3.05, 3.63) is 69.7 Å². The highest BCUT2D eigenvalue weighted by molar-refractivity contribution is 6.30. The number of halogens is 2. The number of hydrogen-bond acceptors (Lipinski definition) is 1. The van der Waals surface area contributed by atoms with Crippen molar-refractivity contribution in [3.63, 3.8) is 0 Å². The predicted molar refractivity (Wildman–Crippen MR) is 87.3 cm³/mol. The largest absolute Gasteiger partial charge is 0.306 e. The van der Waals surface area contributed by atoms with Crippen molar-refractivity contribution in [1.82, 2.24) is 5.32 Å². The topological polar surface area (TPSA) is 12.0 Å². The summed E-state index contributed by atoms with van der Waals surface area (Å²) in [7, 11) is 0. The molecule has 0 amide bonds. The summed E-state index contributed by atoms with van der Waals surface area (Å²) < 4.78 is 0. The van der Waals surface area contributed by atoms with Crippen LogP contribution in [0.4, 0.5) is 0 Å². The summed E-state index contributed by atoms with van der Waals surface area (Å²) in [5, 5.41) is 5.15. The molecule has 0 aliphatic carbocycles. The van der Waals surface area contributed by atoms with Crippen LogP contribution in [0.25, 0.3) is 0 Å². The van der Waals surface area contributed by atoms with Gasteiger partial charge in [-0.1, -0.05) is 61.3 Å². The van der Waals surface area contributed by atoms with E-state index >= 15 is 0 Å². The van der Waals surface area contributed by atoms with Crippen LogP contribution in [0, 0.1) is 5.92 Å². The van der Waals surface area contributed by atoms with Gasteiger partial charge in [0.15, 0.2) is 0 Å². The lowest BCUT2D eigenvalue weighted by atomic mass is 9.96. The minimum Gasteiger partial charge on any atom is -0.306 e. The van der Waals surface area contributed by atoms with Crippen LogP contribution in [0.2, 0.25) is 10.0 Å². The summed E-state index contributed by atoms with van der Waals surface area (Å²) in [5.74, 6) is 0.503. The molecule has 20 heavy (non-hydrogen) atoms. The molecule has 106 valence electrons. The second kappa shape index (κ2) is 7.12. The normalized spacial score (nSPS) is 12.7. The van der Waals surface area contributed by atoms with Crippen LogP contribution < -0.4 is 5.32 Å². The second-order valence-corrected chi connectivity index (χ2v) is 6.15. The van der Waals surface area contributed by atoms with Gasteiger partial charge in [0.1, 0.15) is 0 Å². The van der Waals surface area contributed by atoms with Gasteiger partial charge >= 0.3 is 0 Å². The molecule has 0 aliphatic heterocycles. The summed E-state index contributed by atoms with van der Waals surface area (Å²) >= 11 is 11.9. The van der Waals surface area contributed by atoms with Crippen molar-refractivity contribution in [2.24, 2.45) is 5.92 Å². The highest BCUT2D eigenvalue weighted by Crippen LogP contribution is 2.23. The van der Waals surface area contributed by atoms with E-state index in [1.54, 1.807) is 0 Å². The summed E-state index contributed by atoms with van der Waals surface area (Å²) in [4.78, 5) is 0. The molecule has 0 saturated heterocycles. The van der Waals surface area contributed by atoms with E-state index in [4.69, 9.17) is 23.2 Å². The minimum atomic E-state index is 0.308. The molecule has 0 aromatic heterocycles. The zero-order valence-electron chi connectivity index (χ0n) is 11.7. The highest BCUT2D eigenvalue weighted by Gasteiger charge is 2.14. The number of nitrogens with one attached hydrogen (secondary N) is 1. The molecule has 0 radical (unpaired) electrons. The molecule has 1 N–H and O–H groups in total. The average Bonchev–Trinajstić information content (AvgIpc) is 2.43. The quantitative estimate of drug-likeness (QED) is 0.771. The Bertz CT molecular complexity index is 532. The van der Waals surface area contributed by atoms with Crippen LogP contribution in [0.3, 0.4) is 0 Å². The van der Waals surface area contributed by atoms with E-state index in [9.17, 15) is 0 Å². The Morgan fingerprint density at radius 2 is 1.35 bits per heavy atom. The van der Waals surface area contributed by atoms with Crippen LogP contribution in [0.1, 0.15) is 31.0 Å². The lowest BCUT2D eigenvalue weighted by Crippen LogP contribution is -2.25. The lowest BCUT2D eigenvalue weighted by molar-refractivity contribution is 0.410. The van der Waals surface area contributed by atoms with Crippen LogP contribution in [-0.2, 0) is 6.54 Å². The molecule has 1 unspecified atom stereocenters. The van der Waals surface area contributed by atoms with Crippen LogP contribution in [-0.4, -0.2) is 0 Å². The second-order valence-electron chi connectivity index (χ2n) is 5.28. The first-order valence-electron chi connectivity index (χ1n) is 6.79. The molecule has 0 saturated carbocycles. The summed E-state index contributed by atoms with van der Waals surface area (Å²) in [5.41, 5.74) is 2.49. The fourth-order valence-electron chi connectivity index (χ4n) is 2.24. The lowest BCUT2D eigenvalue weighted by Gasteiger charge is -2.23. The van der Waals surface area contributed by atoms with Gasteiger partial charge in [0.2, 0.25) is 0 Å². The van der Waals surface area contributed by atoms with Crippen LogP contribution >= 0.6 is 23.2 Å². The molecule has 1 atom stereocenters. The SMILES string of the molecule is CC(C)C(NCc1ccc(Cl)cc1)c1ccc(Cl)cc1. The van der Waals surface area contributed by atoms with Gasteiger partial charge in [-0.2, -0.15) is 0 Å². The van der Waals surface area contributed by atoms with Crippen molar-refractivity contribution in [1.29, 1.82) is 0 Å². The van der Waals surface area contributed by atoms with Gasteiger partial charge in [0.25, 0.3) is 0 Å². The maximum Gasteiger partial charge on any atom is 0.0406 e. The van der Waals surface area contributed by atoms with Gasteiger partial charge < -0.3 is 5.32 Å². The molecule has 1 nitrogen and oxygen atoms in total. The molecule has 0 aliphatic rings. The molecule has 0 heterocycles. The molecular formula is C17H19Cl2N. The van der Waals surface area contributed by atoms with E-state index in [0.29, 0.717) is 12.0 Å². The first-order valence-corrected chi connectivity index (χ1v) is 7.55. The number of rotatable bonds is 5. The maximum atomic E-state index is 5.95. The average molecular weight is 308 g/mol. The zero-order chi connectivity index (χ0) is 14.5. The Labute approximate surface area is 130 Å². The zero-order valence-corrected chi connectivity index (χ0v) is 13.2. The van der Waals surface area contributed by atoms with Crippen molar-refractivity contribution >= 4 is 23.2 Å². The van der Waals surface area contributed by atoms with Gasteiger partial charge in [-0.3, -0.25) is 0 Å². The standard InChI is InChI=1S/C17H19Cl2N/c1-12(2)17(14-5-9-16(19)10-6-14)20-11-13-3-7-15(18)8-4-13/h3-10,12,17,20H,11H2,1-2H3.